The summed E-state index contributed by atoms with van der Waals surface area (Å²) in [5.74, 6) is -0.900. The Morgan fingerprint density at radius 1 is 1.06 bits per heavy atom. The average molecular weight is 477 g/mol. The first-order valence-electron chi connectivity index (χ1n) is 9.78. The van der Waals surface area contributed by atoms with Crippen molar-refractivity contribution < 1.29 is 9.59 Å². The van der Waals surface area contributed by atoms with Crippen LogP contribution in [0.15, 0.2) is 54.6 Å². The van der Waals surface area contributed by atoms with Crippen molar-refractivity contribution >= 4 is 51.5 Å². The summed E-state index contributed by atoms with van der Waals surface area (Å²) in [4.78, 5) is 25.6. The number of carbonyl (C=O) groups is 2. The van der Waals surface area contributed by atoms with E-state index in [-0.39, 0.29) is 11.8 Å². The molecule has 3 atom stereocenters. The van der Waals surface area contributed by atoms with E-state index in [0.29, 0.717) is 27.1 Å². The monoisotopic (exact) mass is 476 g/mol. The molecule has 0 aliphatic carbocycles. The van der Waals surface area contributed by atoms with E-state index >= 15 is 0 Å². The standard InChI is InChI=1S/C22H22Cl2N4O2S/c1-3-13(2)18(25-19(29)17(24)14-8-5-4-6-9-14)20(30)26-22-28-27-21(31-22)15-10-7-11-16(23)12-15/h4-13,17-18H,3H2,1-2H3,(H,25,29)(H,26,28,30). The Morgan fingerprint density at radius 3 is 2.48 bits per heavy atom. The number of aromatic nitrogens is 2. The van der Waals surface area contributed by atoms with Crippen LogP contribution in [0.25, 0.3) is 10.6 Å². The van der Waals surface area contributed by atoms with Gasteiger partial charge in [-0.3, -0.25) is 14.9 Å². The summed E-state index contributed by atoms with van der Waals surface area (Å²) in [7, 11) is 0. The molecule has 3 unspecified atom stereocenters. The SMILES string of the molecule is CCC(C)C(NC(=O)C(Cl)c1ccccc1)C(=O)Nc1nnc(-c2cccc(Cl)c2)s1. The highest BCUT2D eigenvalue weighted by Gasteiger charge is 2.29. The van der Waals surface area contributed by atoms with E-state index in [2.05, 4.69) is 20.8 Å². The fourth-order valence-electron chi connectivity index (χ4n) is 2.90. The van der Waals surface area contributed by atoms with Crippen molar-refractivity contribution in [1.29, 1.82) is 0 Å². The Labute approximate surface area is 195 Å². The maximum atomic E-state index is 13.0. The van der Waals surface area contributed by atoms with E-state index in [1.807, 2.05) is 44.2 Å². The largest absolute Gasteiger partial charge is 0.342 e. The van der Waals surface area contributed by atoms with Gasteiger partial charge in [-0.2, -0.15) is 0 Å². The summed E-state index contributed by atoms with van der Waals surface area (Å²) < 4.78 is 0. The van der Waals surface area contributed by atoms with Gasteiger partial charge >= 0.3 is 0 Å². The van der Waals surface area contributed by atoms with Crippen molar-refractivity contribution in [3.63, 3.8) is 0 Å². The van der Waals surface area contributed by atoms with Crippen LogP contribution in [0.3, 0.4) is 0 Å². The minimum atomic E-state index is -0.892. The summed E-state index contributed by atoms with van der Waals surface area (Å²) in [5, 5.41) is 14.4. The molecule has 0 aliphatic heterocycles. The zero-order valence-corrected chi connectivity index (χ0v) is 19.3. The van der Waals surface area contributed by atoms with Crippen molar-refractivity contribution in [2.45, 2.75) is 31.7 Å². The second kappa shape index (κ2) is 10.7. The molecular formula is C22H22Cl2N4O2S. The van der Waals surface area contributed by atoms with Crippen LogP contribution in [0.2, 0.25) is 5.02 Å². The molecular weight excluding hydrogens is 455 g/mol. The summed E-state index contributed by atoms with van der Waals surface area (Å²) in [6.45, 7) is 3.85. The molecule has 2 amide bonds. The lowest BCUT2D eigenvalue weighted by Crippen LogP contribution is -2.48. The van der Waals surface area contributed by atoms with Gasteiger partial charge in [0.15, 0.2) is 0 Å². The molecule has 0 radical (unpaired) electrons. The highest BCUT2D eigenvalue weighted by atomic mass is 35.5. The van der Waals surface area contributed by atoms with Gasteiger partial charge in [0.05, 0.1) is 0 Å². The van der Waals surface area contributed by atoms with Crippen LogP contribution in [0.5, 0.6) is 0 Å². The average Bonchev–Trinajstić information content (AvgIpc) is 3.25. The van der Waals surface area contributed by atoms with Crippen LogP contribution in [0.1, 0.15) is 31.2 Å². The van der Waals surface area contributed by atoms with Crippen LogP contribution >= 0.6 is 34.5 Å². The molecule has 2 aromatic carbocycles. The molecule has 0 spiro atoms. The molecule has 2 N–H and O–H groups in total. The number of halogens is 2. The number of nitrogens with one attached hydrogen (secondary N) is 2. The zero-order chi connectivity index (χ0) is 22.4. The van der Waals surface area contributed by atoms with Crippen LogP contribution in [0, 0.1) is 5.92 Å². The molecule has 3 rings (SSSR count). The van der Waals surface area contributed by atoms with E-state index in [9.17, 15) is 9.59 Å². The van der Waals surface area contributed by atoms with Crippen molar-refractivity contribution in [1.82, 2.24) is 15.5 Å². The van der Waals surface area contributed by atoms with E-state index in [1.54, 1.807) is 24.3 Å². The van der Waals surface area contributed by atoms with Gasteiger partial charge in [-0.15, -0.1) is 21.8 Å². The molecule has 31 heavy (non-hydrogen) atoms. The minimum absolute atomic E-state index is 0.107. The van der Waals surface area contributed by atoms with Gasteiger partial charge in [-0.05, 0) is 23.6 Å². The molecule has 1 heterocycles. The van der Waals surface area contributed by atoms with Crippen molar-refractivity contribution in [2.75, 3.05) is 5.32 Å². The maximum Gasteiger partial charge on any atom is 0.249 e. The van der Waals surface area contributed by atoms with Gasteiger partial charge in [-0.25, -0.2) is 0 Å². The molecule has 6 nitrogen and oxygen atoms in total. The molecule has 0 saturated carbocycles. The lowest BCUT2D eigenvalue weighted by Gasteiger charge is -2.24. The summed E-state index contributed by atoms with van der Waals surface area (Å²) in [6, 6.07) is 15.5. The van der Waals surface area contributed by atoms with Crippen LogP contribution in [-0.4, -0.2) is 28.1 Å². The van der Waals surface area contributed by atoms with Crippen LogP contribution in [0.4, 0.5) is 5.13 Å². The van der Waals surface area contributed by atoms with Gasteiger partial charge in [-0.1, -0.05) is 85.7 Å². The predicted octanol–water partition coefficient (Wildman–Crippen LogP) is 5.31. The molecule has 0 bridgehead atoms. The van der Waals surface area contributed by atoms with Gasteiger partial charge in [0.1, 0.15) is 16.4 Å². The molecule has 9 heteroatoms. The topological polar surface area (TPSA) is 84.0 Å². The van der Waals surface area contributed by atoms with E-state index < -0.39 is 17.3 Å². The number of hydrogen-bond donors (Lipinski definition) is 2. The molecule has 0 fully saturated rings. The zero-order valence-electron chi connectivity index (χ0n) is 17.0. The second-order valence-corrected chi connectivity index (χ2v) is 8.91. The first-order valence-corrected chi connectivity index (χ1v) is 11.4. The fraction of sp³-hybridized carbons (Fsp3) is 0.273. The smallest absolute Gasteiger partial charge is 0.249 e. The van der Waals surface area contributed by atoms with Crippen LogP contribution in [-0.2, 0) is 9.59 Å². The van der Waals surface area contributed by atoms with Gasteiger partial charge < -0.3 is 5.32 Å². The number of alkyl halides is 1. The first-order chi connectivity index (χ1) is 14.9. The molecule has 162 valence electrons. The number of nitrogens with zero attached hydrogens (tertiary/aromatic N) is 2. The Morgan fingerprint density at radius 2 is 1.81 bits per heavy atom. The maximum absolute atomic E-state index is 13.0. The fourth-order valence-corrected chi connectivity index (χ4v) is 4.04. The van der Waals surface area contributed by atoms with Crippen LogP contribution < -0.4 is 10.6 Å². The minimum Gasteiger partial charge on any atom is -0.342 e. The molecule has 1 aromatic heterocycles. The van der Waals surface area contributed by atoms with Gasteiger partial charge in [0.25, 0.3) is 0 Å². The van der Waals surface area contributed by atoms with Crippen molar-refractivity contribution in [2.24, 2.45) is 5.92 Å². The summed E-state index contributed by atoms with van der Waals surface area (Å²) >= 11 is 13.6. The van der Waals surface area contributed by atoms with Gasteiger partial charge in [0.2, 0.25) is 16.9 Å². The number of rotatable bonds is 8. The third-order valence-electron chi connectivity index (χ3n) is 4.84. The Hall–Kier alpha value is -2.48. The number of hydrogen-bond acceptors (Lipinski definition) is 5. The Bertz CT molecular complexity index is 1040. The molecule has 0 saturated heterocycles. The summed E-state index contributed by atoms with van der Waals surface area (Å²) in [5.41, 5.74) is 1.48. The van der Waals surface area contributed by atoms with E-state index in [0.717, 1.165) is 5.56 Å². The molecule has 3 aromatic rings. The van der Waals surface area contributed by atoms with E-state index in [4.69, 9.17) is 23.2 Å². The lowest BCUT2D eigenvalue weighted by molar-refractivity contribution is -0.127. The Kier molecular flexibility index (Phi) is 8.01. The third-order valence-corrected chi connectivity index (χ3v) is 6.42. The number of anilines is 1. The number of benzene rings is 2. The number of amides is 2. The number of carbonyl (C=O) groups excluding carboxylic acids is 2. The third kappa shape index (κ3) is 6.03. The highest BCUT2D eigenvalue weighted by Crippen LogP contribution is 2.28. The van der Waals surface area contributed by atoms with Gasteiger partial charge in [0, 0.05) is 10.6 Å². The highest BCUT2D eigenvalue weighted by molar-refractivity contribution is 7.18. The normalized spacial score (nSPS) is 13.8. The second-order valence-electron chi connectivity index (χ2n) is 7.06. The summed E-state index contributed by atoms with van der Waals surface area (Å²) in [6.07, 6.45) is 0.695. The predicted molar refractivity (Wildman–Crippen MR) is 125 cm³/mol. The van der Waals surface area contributed by atoms with Crippen molar-refractivity contribution in [3.8, 4) is 10.6 Å². The molecule has 0 aliphatic rings. The quantitative estimate of drug-likeness (QED) is 0.431. The first kappa shape index (κ1) is 23.2. The Balaban J connectivity index is 1.71. The lowest BCUT2D eigenvalue weighted by atomic mass is 9.98. The van der Waals surface area contributed by atoms with Crippen molar-refractivity contribution in [3.05, 3.63) is 65.2 Å². The van der Waals surface area contributed by atoms with E-state index in [1.165, 1.54) is 11.3 Å².